The summed E-state index contributed by atoms with van der Waals surface area (Å²) in [6, 6.07) is 10.4. The molecule has 5 heteroatoms. The maximum absolute atomic E-state index is 6.42. The second kappa shape index (κ2) is 19.3. The quantitative estimate of drug-likeness (QED) is 0.157. The molecule has 1 unspecified atom stereocenters. The number of para-hydroxylation sites is 1. The number of anilines is 1. The number of benzene rings is 1. The number of methoxy groups -OCH3 is 2. The molecule has 0 aromatic heterocycles. The highest BCUT2D eigenvalue weighted by Crippen LogP contribution is 2.35. The first-order chi connectivity index (χ1) is 15.7. The fourth-order valence-corrected chi connectivity index (χ4v) is 4.26. The lowest BCUT2D eigenvalue weighted by molar-refractivity contribution is -0.277. The summed E-state index contributed by atoms with van der Waals surface area (Å²) in [6.07, 6.45) is 11.9. The third-order valence-corrected chi connectivity index (χ3v) is 6.12. The summed E-state index contributed by atoms with van der Waals surface area (Å²) in [5, 5.41) is 3.54. The summed E-state index contributed by atoms with van der Waals surface area (Å²) in [5.74, 6) is -0.224. The van der Waals surface area contributed by atoms with Gasteiger partial charge in [-0.15, -0.1) is 0 Å². The molecule has 1 rings (SSSR count). The van der Waals surface area contributed by atoms with Crippen LogP contribution in [0, 0.1) is 5.92 Å². The Bertz CT molecular complexity index is 516. The molecule has 0 bridgehead atoms. The molecule has 0 spiro atoms. The Morgan fingerprint density at radius 2 is 1.34 bits per heavy atom. The van der Waals surface area contributed by atoms with Gasteiger partial charge in [0.05, 0.1) is 26.4 Å². The molecule has 1 N–H and O–H groups in total. The molecule has 0 saturated carbocycles. The van der Waals surface area contributed by atoms with Crippen molar-refractivity contribution in [3.05, 3.63) is 30.3 Å². The zero-order valence-corrected chi connectivity index (χ0v) is 21.2. The first-order valence-corrected chi connectivity index (χ1v) is 12.8. The van der Waals surface area contributed by atoms with E-state index in [2.05, 4.69) is 43.4 Å². The van der Waals surface area contributed by atoms with Gasteiger partial charge in [-0.2, -0.15) is 0 Å². The van der Waals surface area contributed by atoms with Crippen LogP contribution in [0.25, 0.3) is 0 Å². The number of unbranched alkanes of at least 4 members (excludes halogenated alkanes) is 5. The van der Waals surface area contributed by atoms with E-state index < -0.39 is 5.79 Å². The number of nitrogens with one attached hydrogen (secondary N) is 1. The summed E-state index contributed by atoms with van der Waals surface area (Å²) in [7, 11) is 3.43. The molecule has 32 heavy (non-hydrogen) atoms. The Hall–Kier alpha value is -1.14. The van der Waals surface area contributed by atoms with E-state index in [4.69, 9.17) is 18.9 Å². The van der Waals surface area contributed by atoms with Gasteiger partial charge in [-0.05, 0) is 37.8 Å². The second-order valence-corrected chi connectivity index (χ2v) is 8.54. The molecule has 0 amide bonds. The topological polar surface area (TPSA) is 49.0 Å². The average Bonchev–Trinajstić information content (AvgIpc) is 2.82. The zero-order valence-electron chi connectivity index (χ0n) is 21.2. The van der Waals surface area contributed by atoms with E-state index in [0.29, 0.717) is 32.3 Å². The van der Waals surface area contributed by atoms with Crippen molar-refractivity contribution < 1.29 is 18.9 Å². The molecule has 5 nitrogen and oxygen atoms in total. The van der Waals surface area contributed by atoms with Crippen LogP contribution >= 0.6 is 0 Å². The van der Waals surface area contributed by atoms with Crippen molar-refractivity contribution in [3.8, 4) is 0 Å². The molecule has 0 aliphatic heterocycles. The van der Waals surface area contributed by atoms with E-state index in [-0.39, 0.29) is 0 Å². The standard InChI is InChI=1S/C27H49NO4/c1-5-7-8-9-10-12-16-25(17-15-20-28-26-18-13-11-14-19-26)27(6-2,31-23-21-29-3)32-24-22-30-4/h11,13-14,18-19,25,28H,5-10,12,15-17,20-24H2,1-4H3. The SMILES string of the molecule is CCCCCCCCC(CCCNc1ccccc1)C(CC)(OCCOC)OCCOC. The summed E-state index contributed by atoms with van der Waals surface area (Å²) in [5.41, 5.74) is 1.18. The van der Waals surface area contributed by atoms with Crippen LogP contribution in [0.3, 0.4) is 0 Å². The molecule has 0 radical (unpaired) electrons. The molecular formula is C27H49NO4. The number of hydrogen-bond donors (Lipinski definition) is 1. The van der Waals surface area contributed by atoms with Crippen molar-refractivity contribution in [2.75, 3.05) is 52.5 Å². The van der Waals surface area contributed by atoms with Crippen molar-refractivity contribution in [1.82, 2.24) is 0 Å². The number of rotatable bonds is 22. The predicted molar refractivity (Wildman–Crippen MR) is 134 cm³/mol. The monoisotopic (exact) mass is 451 g/mol. The van der Waals surface area contributed by atoms with Crippen LogP contribution in [0.4, 0.5) is 5.69 Å². The van der Waals surface area contributed by atoms with Gasteiger partial charge in [-0.3, -0.25) is 0 Å². The largest absolute Gasteiger partial charge is 0.385 e. The van der Waals surface area contributed by atoms with Gasteiger partial charge in [-0.1, -0.05) is 70.6 Å². The number of ether oxygens (including phenoxy) is 4. The molecule has 0 aliphatic rings. The first-order valence-electron chi connectivity index (χ1n) is 12.8. The van der Waals surface area contributed by atoms with Crippen molar-refractivity contribution in [2.45, 2.75) is 83.8 Å². The van der Waals surface area contributed by atoms with Crippen LogP contribution in [0.5, 0.6) is 0 Å². The average molecular weight is 452 g/mol. The van der Waals surface area contributed by atoms with Gasteiger partial charge in [0.1, 0.15) is 0 Å². The fourth-order valence-electron chi connectivity index (χ4n) is 4.26. The van der Waals surface area contributed by atoms with Crippen molar-refractivity contribution in [3.63, 3.8) is 0 Å². The van der Waals surface area contributed by atoms with Crippen molar-refractivity contribution >= 4 is 5.69 Å². The Morgan fingerprint density at radius 3 is 1.94 bits per heavy atom. The van der Waals surface area contributed by atoms with E-state index in [1.165, 1.54) is 44.2 Å². The maximum atomic E-state index is 6.42. The minimum Gasteiger partial charge on any atom is -0.385 e. The summed E-state index contributed by atoms with van der Waals surface area (Å²) in [6.45, 7) is 7.65. The van der Waals surface area contributed by atoms with E-state index in [0.717, 1.165) is 32.2 Å². The van der Waals surface area contributed by atoms with Gasteiger partial charge in [0.15, 0.2) is 5.79 Å². The van der Waals surface area contributed by atoms with Gasteiger partial charge in [-0.25, -0.2) is 0 Å². The molecule has 0 aliphatic carbocycles. The summed E-state index contributed by atoms with van der Waals surface area (Å²) in [4.78, 5) is 0. The lowest BCUT2D eigenvalue weighted by Gasteiger charge is -2.40. The fraction of sp³-hybridized carbons (Fsp3) is 0.778. The molecule has 0 heterocycles. The highest BCUT2D eigenvalue weighted by Gasteiger charge is 2.38. The third kappa shape index (κ3) is 12.2. The normalized spacial score (nSPS) is 12.8. The third-order valence-electron chi connectivity index (χ3n) is 6.12. The Kier molecular flexibility index (Phi) is 17.5. The molecule has 1 aromatic rings. The minimum atomic E-state index is -0.576. The molecule has 186 valence electrons. The molecule has 1 atom stereocenters. The summed E-state index contributed by atoms with van der Waals surface area (Å²) < 4.78 is 23.3. The number of hydrogen-bond acceptors (Lipinski definition) is 5. The van der Waals surface area contributed by atoms with Gasteiger partial charge in [0.2, 0.25) is 0 Å². The van der Waals surface area contributed by atoms with Gasteiger partial charge in [0.25, 0.3) is 0 Å². The van der Waals surface area contributed by atoms with Crippen LogP contribution in [-0.2, 0) is 18.9 Å². The highest BCUT2D eigenvalue weighted by molar-refractivity contribution is 5.42. The van der Waals surface area contributed by atoms with Crippen LogP contribution in [0.1, 0.15) is 78.1 Å². The van der Waals surface area contributed by atoms with Crippen LogP contribution < -0.4 is 5.32 Å². The molecule has 0 saturated heterocycles. The maximum Gasteiger partial charge on any atom is 0.171 e. The molecular weight excluding hydrogens is 402 g/mol. The zero-order chi connectivity index (χ0) is 23.3. The highest BCUT2D eigenvalue weighted by atomic mass is 16.7. The lowest BCUT2D eigenvalue weighted by atomic mass is 9.86. The van der Waals surface area contributed by atoms with E-state index >= 15 is 0 Å². The molecule has 0 fully saturated rings. The van der Waals surface area contributed by atoms with Crippen LogP contribution in [-0.4, -0.2) is 53.0 Å². The molecule has 1 aromatic carbocycles. The lowest BCUT2D eigenvalue weighted by Crippen LogP contribution is -2.45. The van der Waals surface area contributed by atoms with E-state index in [9.17, 15) is 0 Å². The Labute approximate surface area is 197 Å². The van der Waals surface area contributed by atoms with Crippen molar-refractivity contribution in [1.29, 1.82) is 0 Å². The first kappa shape index (κ1) is 28.9. The second-order valence-electron chi connectivity index (χ2n) is 8.54. The van der Waals surface area contributed by atoms with Crippen molar-refractivity contribution in [2.24, 2.45) is 5.92 Å². The van der Waals surface area contributed by atoms with Crippen LogP contribution in [0.15, 0.2) is 30.3 Å². The van der Waals surface area contributed by atoms with Gasteiger partial charge >= 0.3 is 0 Å². The van der Waals surface area contributed by atoms with Gasteiger partial charge in [0, 0.05) is 32.4 Å². The predicted octanol–water partition coefficient (Wildman–Crippen LogP) is 6.68. The van der Waals surface area contributed by atoms with E-state index in [1.807, 2.05) is 6.07 Å². The van der Waals surface area contributed by atoms with Crippen LogP contribution in [0.2, 0.25) is 0 Å². The minimum absolute atomic E-state index is 0.352. The van der Waals surface area contributed by atoms with Gasteiger partial charge < -0.3 is 24.3 Å². The summed E-state index contributed by atoms with van der Waals surface area (Å²) >= 11 is 0. The smallest absolute Gasteiger partial charge is 0.171 e. The Balaban J connectivity index is 2.74. The van der Waals surface area contributed by atoms with E-state index in [1.54, 1.807) is 14.2 Å². The Morgan fingerprint density at radius 1 is 0.750 bits per heavy atom.